The van der Waals surface area contributed by atoms with E-state index in [0.717, 1.165) is 6.42 Å². The van der Waals surface area contributed by atoms with Crippen molar-refractivity contribution in [1.82, 2.24) is 5.32 Å². The molecule has 1 N–H and O–H groups in total. The number of hydrogen-bond donors (Lipinski definition) is 1. The summed E-state index contributed by atoms with van der Waals surface area (Å²) in [6.45, 7) is 1.75. The van der Waals surface area contributed by atoms with Gasteiger partial charge in [0.25, 0.3) is 0 Å². The number of nitrogens with one attached hydrogen (secondary N) is 1. The Hall–Kier alpha value is -0.730. The molecule has 0 aromatic heterocycles. The van der Waals surface area contributed by atoms with Gasteiger partial charge in [0.2, 0.25) is 0 Å². The lowest BCUT2D eigenvalue weighted by atomic mass is 9.74. The third-order valence-electron chi connectivity index (χ3n) is 3.65. The molecule has 0 spiro atoms. The summed E-state index contributed by atoms with van der Waals surface area (Å²) in [6.07, 6.45) is -4.69. The van der Waals surface area contributed by atoms with Gasteiger partial charge < -0.3 is 5.32 Å². The number of carbonyl (C=O) groups is 2. The molecule has 2 atom stereocenters. The third-order valence-corrected chi connectivity index (χ3v) is 4.16. The van der Waals surface area contributed by atoms with Crippen LogP contribution in [0.1, 0.15) is 32.6 Å². The van der Waals surface area contributed by atoms with Crippen LogP contribution < -0.4 is 5.32 Å². The fourth-order valence-corrected chi connectivity index (χ4v) is 3.08. The number of hydrogen-bond acceptors (Lipinski definition) is 2. The summed E-state index contributed by atoms with van der Waals surface area (Å²) in [5, 5.41) is 1.45. The molecule has 1 rings (SSSR count). The summed E-state index contributed by atoms with van der Waals surface area (Å²) in [7, 11) is 0. The van der Waals surface area contributed by atoms with Crippen molar-refractivity contribution >= 4 is 27.6 Å². The molecule has 1 amide bonds. The van der Waals surface area contributed by atoms with Gasteiger partial charge >= 0.3 is 18.0 Å². The van der Waals surface area contributed by atoms with E-state index < -0.39 is 29.3 Å². The van der Waals surface area contributed by atoms with Gasteiger partial charge in [0.05, 0.1) is 10.9 Å². The first-order chi connectivity index (χ1) is 9.46. The van der Waals surface area contributed by atoms with Crippen LogP contribution in [-0.4, -0.2) is 34.7 Å². The molecule has 122 valence electrons. The normalized spacial score (nSPS) is 27.3. The van der Waals surface area contributed by atoms with Crippen molar-refractivity contribution in [2.75, 3.05) is 5.33 Å². The molecule has 0 radical (unpaired) electrons. The van der Waals surface area contributed by atoms with Gasteiger partial charge in [-0.2, -0.15) is 22.0 Å². The van der Waals surface area contributed by atoms with Gasteiger partial charge in [0.1, 0.15) is 0 Å². The lowest BCUT2D eigenvalue weighted by Gasteiger charge is -2.40. The van der Waals surface area contributed by atoms with Crippen molar-refractivity contribution in [3.63, 3.8) is 0 Å². The second-order valence-electron chi connectivity index (χ2n) is 5.37. The molecular weight excluding hydrogens is 365 g/mol. The highest BCUT2D eigenvalue weighted by Gasteiger charge is 2.64. The van der Waals surface area contributed by atoms with Gasteiger partial charge in [-0.15, -0.1) is 0 Å². The molecule has 3 nitrogen and oxygen atoms in total. The average Bonchev–Trinajstić information content (AvgIpc) is 2.36. The number of amides is 1. The van der Waals surface area contributed by atoms with Crippen molar-refractivity contribution in [3.05, 3.63) is 0 Å². The van der Waals surface area contributed by atoms with Crippen molar-refractivity contribution in [2.45, 2.75) is 50.2 Å². The van der Waals surface area contributed by atoms with Gasteiger partial charge in [-0.25, -0.2) is 0 Å². The Morgan fingerprint density at radius 3 is 2.29 bits per heavy atom. The lowest BCUT2D eigenvalue weighted by molar-refractivity contribution is -0.270. The van der Waals surface area contributed by atoms with Gasteiger partial charge in [0.15, 0.2) is 5.78 Å². The summed E-state index contributed by atoms with van der Waals surface area (Å²) >= 11 is 2.87. The number of rotatable bonds is 4. The summed E-state index contributed by atoms with van der Waals surface area (Å²) in [5.74, 6) is -8.65. The van der Waals surface area contributed by atoms with Crippen molar-refractivity contribution in [2.24, 2.45) is 5.92 Å². The molecule has 0 aromatic carbocycles. The SMILES string of the molecule is CC1CCCC(NC(=O)C(F)(F)C(F)(F)F)(C(=O)CBr)C1. The highest BCUT2D eigenvalue weighted by atomic mass is 79.9. The van der Waals surface area contributed by atoms with Crippen molar-refractivity contribution in [3.8, 4) is 0 Å². The monoisotopic (exact) mass is 379 g/mol. The minimum atomic E-state index is -5.99. The van der Waals surface area contributed by atoms with Gasteiger partial charge in [-0.05, 0) is 18.8 Å². The van der Waals surface area contributed by atoms with E-state index in [1.165, 1.54) is 0 Å². The molecule has 1 saturated carbocycles. The molecule has 0 aliphatic heterocycles. The molecule has 2 unspecified atom stereocenters. The Labute approximate surface area is 126 Å². The molecule has 0 saturated heterocycles. The van der Waals surface area contributed by atoms with Crippen LogP contribution in [0.3, 0.4) is 0 Å². The first-order valence-electron chi connectivity index (χ1n) is 6.32. The van der Waals surface area contributed by atoms with Crippen LogP contribution in [0, 0.1) is 5.92 Å². The van der Waals surface area contributed by atoms with Crippen LogP contribution in [0.15, 0.2) is 0 Å². The largest absolute Gasteiger partial charge is 0.463 e. The Bertz CT molecular complexity index is 426. The minimum absolute atomic E-state index is 0.0527. The zero-order valence-electron chi connectivity index (χ0n) is 11.2. The van der Waals surface area contributed by atoms with Crippen LogP contribution in [0.25, 0.3) is 0 Å². The summed E-state index contributed by atoms with van der Waals surface area (Å²) in [5.41, 5.74) is -1.66. The molecule has 0 heterocycles. The maximum atomic E-state index is 13.1. The molecule has 9 heteroatoms. The second kappa shape index (κ2) is 6.18. The molecule has 1 aliphatic rings. The number of ketones is 1. The molecular formula is C12H15BrF5NO2. The van der Waals surface area contributed by atoms with Gasteiger partial charge in [-0.3, -0.25) is 9.59 Å². The number of Topliss-reactive ketones (excluding diaryl/α,β-unsaturated/α-hetero) is 1. The summed E-state index contributed by atoms with van der Waals surface area (Å²) in [4.78, 5) is 23.3. The number of alkyl halides is 6. The molecule has 0 aromatic rings. The average molecular weight is 380 g/mol. The number of halogens is 6. The second-order valence-corrected chi connectivity index (χ2v) is 5.93. The maximum absolute atomic E-state index is 13.1. The minimum Gasteiger partial charge on any atom is -0.338 e. The third kappa shape index (κ3) is 3.73. The fourth-order valence-electron chi connectivity index (χ4n) is 2.54. The standard InChI is InChI=1S/C12H15BrF5NO2/c1-7-3-2-4-10(5-7,8(20)6-13)19-9(21)11(14,15)12(16,17)18/h7H,2-6H2,1H3,(H,19,21). The molecule has 1 aliphatic carbocycles. The Kier molecular flexibility index (Phi) is 5.39. The fraction of sp³-hybridized carbons (Fsp3) is 0.833. The quantitative estimate of drug-likeness (QED) is 0.602. The van der Waals surface area contributed by atoms with E-state index in [0.29, 0.717) is 6.42 Å². The summed E-state index contributed by atoms with van der Waals surface area (Å²) in [6, 6.07) is 0. The van der Waals surface area contributed by atoms with E-state index in [4.69, 9.17) is 0 Å². The zero-order valence-corrected chi connectivity index (χ0v) is 12.8. The Balaban J connectivity index is 3.03. The Morgan fingerprint density at radius 2 is 1.86 bits per heavy atom. The van der Waals surface area contributed by atoms with E-state index in [1.54, 1.807) is 12.2 Å². The zero-order chi connectivity index (χ0) is 16.5. The first-order valence-corrected chi connectivity index (χ1v) is 7.45. The highest BCUT2D eigenvalue weighted by Crippen LogP contribution is 2.38. The summed E-state index contributed by atoms with van der Waals surface area (Å²) < 4.78 is 62.8. The molecule has 1 fully saturated rings. The lowest BCUT2D eigenvalue weighted by Crippen LogP contribution is -2.62. The van der Waals surface area contributed by atoms with E-state index in [2.05, 4.69) is 15.9 Å². The van der Waals surface area contributed by atoms with Gasteiger partial charge in [0, 0.05) is 0 Å². The topological polar surface area (TPSA) is 46.2 Å². The van der Waals surface area contributed by atoms with Crippen molar-refractivity contribution < 1.29 is 31.5 Å². The van der Waals surface area contributed by atoms with E-state index >= 15 is 0 Å². The first kappa shape index (κ1) is 18.3. The van der Waals surface area contributed by atoms with E-state index in [1.807, 2.05) is 0 Å². The van der Waals surface area contributed by atoms with Crippen LogP contribution >= 0.6 is 15.9 Å². The van der Waals surface area contributed by atoms with Crippen LogP contribution in [0.4, 0.5) is 22.0 Å². The predicted molar refractivity (Wildman–Crippen MR) is 68.3 cm³/mol. The van der Waals surface area contributed by atoms with E-state index in [-0.39, 0.29) is 24.1 Å². The maximum Gasteiger partial charge on any atom is 0.463 e. The van der Waals surface area contributed by atoms with Crippen LogP contribution in [0.5, 0.6) is 0 Å². The predicted octanol–water partition coefficient (Wildman–Crippen LogP) is 3.21. The Morgan fingerprint density at radius 1 is 1.29 bits per heavy atom. The van der Waals surface area contributed by atoms with Crippen LogP contribution in [-0.2, 0) is 9.59 Å². The number of carbonyl (C=O) groups excluding carboxylic acids is 2. The van der Waals surface area contributed by atoms with Crippen LogP contribution in [0.2, 0.25) is 0 Å². The highest BCUT2D eigenvalue weighted by molar-refractivity contribution is 9.09. The van der Waals surface area contributed by atoms with E-state index in [9.17, 15) is 31.5 Å². The molecule has 0 bridgehead atoms. The molecule has 21 heavy (non-hydrogen) atoms. The smallest absolute Gasteiger partial charge is 0.338 e. The van der Waals surface area contributed by atoms with Crippen molar-refractivity contribution in [1.29, 1.82) is 0 Å². The van der Waals surface area contributed by atoms with Gasteiger partial charge in [-0.1, -0.05) is 35.7 Å².